The first kappa shape index (κ1) is 16.1. The molecule has 0 aliphatic carbocycles. The van der Waals surface area contributed by atoms with Crippen LogP contribution in [0.25, 0.3) is 20.4 Å². The van der Waals surface area contributed by atoms with Gasteiger partial charge in [-0.05, 0) is 31.7 Å². The van der Waals surface area contributed by atoms with Gasteiger partial charge < -0.3 is 9.72 Å². The Hall–Kier alpha value is -1.37. The van der Waals surface area contributed by atoms with Gasteiger partial charge in [0.2, 0.25) is 0 Å². The molecule has 1 N–H and O–H groups in total. The van der Waals surface area contributed by atoms with Crippen molar-refractivity contribution in [1.29, 1.82) is 0 Å². The first-order valence-corrected chi connectivity index (χ1v) is 9.52. The average Bonchev–Trinajstić information content (AvgIpc) is 2.85. The van der Waals surface area contributed by atoms with Gasteiger partial charge in [0.1, 0.15) is 9.47 Å². The Bertz CT molecular complexity index is 1000. The van der Waals surface area contributed by atoms with Crippen LogP contribution in [0.4, 0.5) is 0 Å². The summed E-state index contributed by atoms with van der Waals surface area (Å²) in [5.41, 5.74) is 4.73. The number of hydrogen-bond acceptors (Lipinski definition) is 5. The fraction of sp³-hybridized carbons (Fsp3) is 0.500. The molecule has 4 rings (SSSR count). The second kappa shape index (κ2) is 5.58. The van der Waals surface area contributed by atoms with E-state index in [1.54, 1.807) is 17.7 Å². The van der Waals surface area contributed by atoms with Crippen molar-refractivity contribution in [1.82, 2.24) is 15.0 Å². The number of aromatic nitrogens is 3. The van der Waals surface area contributed by atoms with E-state index in [1.165, 1.54) is 22.2 Å². The summed E-state index contributed by atoms with van der Waals surface area (Å²) < 4.78 is 7.78. The van der Waals surface area contributed by atoms with Crippen LogP contribution in [0.1, 0.15) is 44.5 Å². The van der Waals surface area contributed by atoms with Crippen molar-refractivity contribution in [2.75, 3.05) is 0 Å². The third-order valence-electron chi connectivity index (χ3n) is 4.54. The highest BCUT2D eigenvalue weighted by Gasteiger charge is 2.31. The predicted molar refractivity (Wildman–Crippen MR) is 101 cm³/mol. The maximum Gasteiger partial charge on any atom is 0.147 e. The summed E-state index contributed by atoms with van der Waals surface area (Å²) in [6.45, 7) is 9.41. The number of thiophene rings is 1. The molecule has 3 aromatic heterocycles. The third kappa shape index (κ3) is 2.57. The summed E-state index contributed by atoms with van der Waals surface area (Å²) in [5.74, 6) is 0.561. The second-order valence-corrected chi connectivity index (χ2v) is 8.92. The van der Waals surface area contributed by atoms with Crippen molar-refractivity contribution in [3.8, 4) is 0 Å². The Labute approximate surface area is 150 Å². The van der Waals surface area contributed by atoms with Crippen LogP contribution in [0, 0.1) is 10.6 Å². The lowest BCUT2D eigenvalue weighted by Crippen LogP contribution is -2.33. The van der Waals surface area contributed by atoms with Crippen LogP contribution in [0.3, 0.4) is 0 Å². The largest absolute Gasteiger partial charge is 0.370 e. The van der Waals surface area contributed by atoms with Gasteiger partial charge in [0, 0.05) is 23.1 Å². The first-order valence-electron chi connectivity index (χ1n) is 8.30. The minimum Gasteiger partial charge on any atom is -0.370 e. The normalized spacial score (nSPS) is 16.9. The molecule has 24 heavy (non-hydrogen) atoms. The summed E-state index contributed by atoms with van der Waals surface area (Å²) in [7, 11) is 0. The Morgan fingerprint density at radius 3 is 2.92 bits per heavy atom. The van der Waals surface area contributed by atoms with Gasteiger partial charge in [0.15, 0.2) is 0 Å². The van der Waals surface area contributed by atoms with Crippen LogP contribution in [-0.2, 0) is 24.2 Å². The molecule has 6 heteroatoms. The fourth-order valence-corrected chi connectivity index (χ4v) is 4.82. The molecule has 4 nitrogen and oxygen atoms in total. The van der Waals surface area contributed by atoms with Crippen LogP contribution in [0.2, 0.25) is 0 Å². The van der Waals surface area contributed by atoms with E-state index < -0.39 is 0 Å². The zero-order chi connectivity index (χ0) is 17.1. The molecular weight excluding hydrogens is 338 g/mol. The van der Waals surface area contributed by atoms with Crippen molar-refractivity contribution < 1.29 is 4.74 Å². The quantitative estimate of drug-likeness (QED) is 0.658. The van der Waals surface area contributed by atoms with Crippen molar-refractivity contribution in [3.63, 3.8) is 0 Å². The van der Waals surface area contributed by atoms with E-state index in [0.29, 0.717) is 17.2 Å². The van der Waals surface area contributed by atoms with Gasteiger partial charge in [-0.25, -0.2) is 9.97 Å². The average molecular weight is 360 g/mol. The summed E-state index contributed by atoms with van der Waals surface area (Å²) in [5, 5.41) is 1.21. The number of rotatable bonds is 2. The highest BCUT2D eigenvalue weighted by Crippen LogP contribution is 2.40. The molecule has 0 radical (unpaired) electrons. The number of hydrogen-bond donors (Lipinski definition) is 1. The number of nitrogens with one attached hydrogen (secondary N) is 1. The highest BCUT2D eigenvalue weighted by molar-refractivity contribution is 7.71. The van der Waals surface area contributed by atoms with Crippen LogP contribution in [-0.4, -0.2) is 20.6 Å². The summed E-state index contributed by atoms with van der Waals surface area (Å²) >= 11 is 7.08. The lowest BCUT2D eigenvalue weighted by atomic mass is 9.88. The van der Waals surface area contributed by atoms with Crippen molar-refractivity contribution >= 4 is 44.0 Å². The minimum atomic E-state index is -0.158. The standard InChI is InChI=1S/C18H21N3OS2/c1-9(2)5-12-11-7-22-18(3,4)6-10(11)13-14-15(24-17(13)21-12)16(23)20-8-19-14/h8-9H,5-7H2,1-4H3,(H,19,20,23). The zero-order valence-electron chi connectivity index (χ0n) is 14.4. The Morgan fingerprint density at radius 1 is 1.38 bits per heavy atom. The monoisotopic (exact) mass is 359 g/mol. The molecule has 0 unspecified atom stereocenters. The molecule has 126 valence electrons. The predicted octanol–water partition coefficient (Wildman–Crippen LogP) is 4.95. The van der Waals surface area contributed by atoms with Gasteiger partial charge >= 0.3 is 0 Å². The zero-order valence-corrected chi connectivity index (χ0v) is 16.0. The Morgan fingerprint density at radius 2 is 2.17 bits per heavy atom. The Kier molecular flexibility index (Phi) is 3.74. The number of nitrogens with zero attached hydrogens (tertiary/aromatic N) is 2. The van der Waals surface area contributed by atoms with E-state index in [2.05, 4.69) is 37.7 Å². The van der Waals surface area contributed by atoms with Gasteiger partial charge in [-0.2, -0.15) is 0 Å². The summed E-state index contributed by atoms with van der Waals surface area (Å²) in [6.07, 6.45) is 3.55. The molecule has 0 saturated carbocycles. The van der Waals surface area contributed by atoms with E-state index in [9.17, 15) is 0 Å². The van der Waals surface area contributed by atoms with Gasteiger partial charge in [-0.15, -0.1) is 11.3 Å². The van der Waals surface area contributed by atoms with E-state index in [-0.39, 0.29) is 5.60 Å². The molecule has 0 amide bonds. The van der Waals surface area contributed by atoms with Crippen molar-refractivity contribution in [2.24, 2.45) is 5.92 Å². The van der Waals surface area contributed by atoms with Gasteiger partial charge in [0.05, 0.1) is 28.8 Å². The first-order chi connectivity index (χ1) is 11.4. The van der Waals surface area contributed by atoms with Gasteiger partial charge in [-0.1, -0.05) is 26.1 Å². The Balaban J connectivity index is 2.10. The molecule has 0 spiro atoms. The van der Waals surface area contributed by atoms with E-state index >= 15 is 0 Å². The smallest absolute Gasteiger partial charge is 0.147 e. The van der Waals surface area contributed by atoms with Crippen LogP contribution in [0.15, 0.2) is 6.33 Å². The lowest BCUT2D eigenvalue weighted by molar-refractivity contribution is -0.0402. The molecule has 0 saturated heterocycles. The van der Waals surface area contributed by atoms with Crippen LogP contribution >= 0.6 is 23.6 Å². The maximum absolute atomic E-state index is 6.10. The van der Waals surface area contributed by atoms with Gasteiger partial charge in [-0.3, -0.25) is 0 Å². The van der Waals surface area contributed by atoms with E-state index in [4.69, 9.17) is 21.9 Å². The van der Waals surface area contributed by atoms with E-state index in [1.807, 2.05) is 0 Å². The van der Waals surface area contributed by atoms with Crippen molar-refractivity contribution in [3.05, 3.63) is 27.8 Å². The topological polar surface area (TPSA) is 50.8 Å². The van der Waals surface area contributed by atoms with Crippen molar-refractivity contribution in [2.45, 2.75) is 52.7 Å². The van der Waals surface area contributed by atoms with Crippen LogP contribution in [0.5, 0.6) is 0 Å². The third-order valence-corrected chi connectivity index (χ3v) is 6.07. The number of aromatic amines is 1. The molecule has 4 heterocycles. The summed E-state index contributed by atoms with van der Waals surface area (Å²) in [4.78, 5) is 13.6. The minimum absolute atomic E-state index is 0.158. The number of fused-ring (bicyclic) bond motifs is 5. The number of ether oxygens (including phenoxy) is 1. The molecule has 1 aliphatic rings. The lowest BCUT2D eigenvalue weighted by Gasteiger charge is -2.33. The maximum atomic E-state index is 6.10. The molecule has 0 fully saturated rings. The number of pyridine rings is 1. The molecular formula is C18H21N3OS2. The summed E-state index contributed by atoms with van der Waals surface area (Å²) in [6, 6.07) is 0. The molecule has 0 aromatic carbocycles. The molecule has 0 atom stereocenters. The second-order valence-electron chi connectivity index (χ2n) is 7.53. The van der Waals surface area contributed by atoms with E-state index in [0.717, 1.165) is 27.9 Å². The van der Waals surface area contributed by atoms with Crippen LogP contribution < -0.4 is 0 Å². The number of H-pyrrole nitrogens is 1. The van der Waals surface area contributed by atoms with Gasteiger partial charge in [0.25, 0.3) is 0 Å². The molecule has 1 aliphatic heterocycles. The highest BCUT2D eigenvalue weighted by atomic mass is 32.1. The SMILES string of the molecule is CC(C)Cc1nc2sc3c(=S)nc[nH]c3c2c2c1COC(C)(C)C2. The fourth-order valence-electron chi connectivity index (χ4n) is 3.46. The molecule has 3 aromatic rings. The molecule has 0 bridgehead atoms.